The van der Waals surface area contributed by atoms with Crippen LogP contribution in [0.25, 0.3) is 0 Å². The summed E-state index contributed by atoms with van der Waals surface area (Å²) in [6, 6.07) is 15.5. The van der Waals surface area contributed by atoms with Gasteiger partial charge in [-0.3, -0.25) is 0 Å². The molecule has 0 saturated heterocycles. The molecule has 0 heterocycles. The summed E-state index contributed by atoms with van der Waals surface area (Å²) >= 11 is 0. The van der Waals surface area contributed by atoms with Crippen molar-refractivity contribution in [2.24, 2.45) is 59.2 Å². The van der Waals surface area contributed by atoms with Crippen molar-refractivity contribution in [3.05, 3.63) is 147 Å². The average Bonchev–Trinajstić information content (AvgIpc) is 0.864. The van der Waals surface area contributed by atoms with E-state index in [0.717, 1.165) is 93.8 Å². The second kappa shape index (κ2) is 48.0. The number of hydrogen-bond acceptors (Lipinski definition) is 5. The number of halogens is 10. The molecule has 5 nitrogen and oxygen atoms in total. The minimum absolute atomic E-state index is 0.0452. The molecule has 0 aliphatic heterocycles. The summed E-state index contributed by atoms with van der Waals surface area (Å²) in [6.45, 7) is 21.4. The molecular formula is C90H130F10O5. The summed E-state index contributed by atoms with van der Waals surface area (Å²) in [5.74, 6) is -1.35. The molecule has 5 aromatic carbocycles. The Balaban J connectivity index is 0.000000206. The molecule has 5 aliphatic carbocycles. The molecule has 0 atom stereocenters. The van der Waals surface area contributed by atoms with Crippen LogP contribution >= 0.6 is 0 Å². The minimum atomic E-state index is -0.857. The first-order valence-corrected chi connectivity index (χ1v) is 40.9. The maximum Gasteiger partial charge on any atom is 0.200 e. The Hall–Kier alpha value is -5.60. The van der Waals surface area contributed by atoms with Gasteiger partial charge in [-0.2, -0.15) is 22.0 Å². The van der Waals surface area contributed by atoms with Crippen molar-refractivity contribution in [1.82, 2.24) is 0 Å². The normalized spacial score (nSPS) is 22.3. The molecule has 5 aliphatic rings. The summed E-state index contributed by atoms with van der Waals surface area (Å²) in [5, 5.41) is 0. The fourth-order valence-electron chi connectivity index (χ4n) is 15.8. The molecule has 0 amide bonds. The summed E-state index contributed by atoms with van der Waals surface area (Å²) in [5.41, 5.74) is 1.58. The van der Waals surface area contributed by atoms with Crippen LogP contribution in [0.2, 0.25) is 0 Å². The fraction of sp³-hybridized carbons (Fsp3) is 0.667. The predicted molar refractivity (Wildman–Crippen MR) is 408 cm³/mol. The Morgan fingerprint density at radius 2 is 0.381 bits per heavy atom. The van der Waals surface area contributed by atoms with E-state index >= 15 is 0 Å². The summed E-state index contributed by atoms with van der Waals surface area (Å²) in [4.78, 5) is 0. The van der Waals surface area contributed by atoms with Crippen molar-refractivity contribution in [3.63, 3.8) is 0 Å². The van der Waals surface area contributed by atoms with Gasteiger partial charge in [-0.25, -0.2) is 22.0 Å². The van der Waals surface area contributed by atoms with Gasteiger partial charge in [0.15, 0.2) is 57.8 Å². The lowest BCUT2D eigenvalue weighted by Crippen LogP contribution is -2.20. The zero-order valence-electron chi connectivity index (χ0n) is 65.7. The Kier molecular flexibility index (Phi) is 40.4. The van der Waals surface area contributed by atoms with Gasteiger partial charge in [0.2, 0.25) is 29.1 Å². The molecule has 0 aromatic heterocycles. The third-order valence-electron chi connectivity index (χ3n) is 23.2. The molecule has 0 bridgehead atoms. The zero-order chi connectivity index (χ0) is 76.2. The van der Waals surface area contributed by atoms with Crippen molar-refractivity contribution in [3.8, 4) is 28.7 Å². The van der Waals surface area contributed by atoms with E-state index in [1.54, 1.807) is 65.0 Å². The van der Waals surface area contributed by atoms with Crippen LogP contribution in [0.5, 0.6) is 28.7 Å². The first-order valence-electron chi connectivity index (χ1n) is 40.9. The van der Waals surface area contributed by atoms with Crippen molar-refractivity contribution in [2.45, 2.75) is 294 Å². The Morgan fingerprint density at radius 3 is 0.562 bits per heavy atom. The molecule has 0 spiro atoms. The van der Waals surface area contributed by atoms with Gasteiger partial charge in [0.25, 0.3) is 0 Å². The maximum atomic E-state index is 13.8. The second-order valence-electron chi connectivity index (χ2n) is 31.7. The first kappa shape index (κ1) is 88.3. The van der Waals surface area contributed by atoms with Crippen LogP contribution in [0.4, 0.5) is 43.9 Å². The highest BCUT2D eigenvalue weighted by Gasteiger charge is 2.28. The van der Waals surface area contributed by atoms with Crippen LogP contribution in [0.1, 0.15) is 287 Å². The Labute approximate surface area is 626 Å². The van der Waals surface area contributed by atoms with Gasteiger partial charge in [-0.15, -0.1) is 0 Å². The standard InChI is InChI=1S/2C19H28F2O.C18H26F2O.2C17H24F2O/c2*1-3-4-5-6-15-8-10-16(11-9-15)13-22-17-12-7-14(2)18(20)19(17)21;1-3-4-5-14-7-9-15(10-8-14)12-21-16-11-6-13(2)17(19)18(16)20;2*1-3-4-13-6-8-14(9-7-13)11-20-15-10-5-12(2)16(18)17(15)19/h2*7,12,15-16H,3-6,8-11,13H2,1-2H3;6,11,14-15H,3-5,7-10,12H2,1-2H3;2*5,10,13-14H,3-4,6-9,11H2,1-2H3. The van der Waals surface area contributed by atoms with Gasteiger partial charge in [0.05, 0.1) is 33.0 Å². The molecule has 5 saturated carbocycles. The van der Waals surface area contributed by atoms with Gasteiger partial charge in [-0.05, 0) is 216 Å². The number of aryl methyl sites for hydroxylation is 5. The molecule has 590 valence electrons. The highest BCUT2D eigenvalue weighted by atomic mass is 19.2. The third-order valence-corrected chi connectivity index (χ3v) is 23.2. The van der Waals surface area contributed by atoms with Crippen LogP contribution in [-0.2, 0) is 0 Å². The lowest BCUT2D eigenvalue weighted by Gasteiger charge is -2.28. The smallest absolute Gasteiger partial charge is 0.200 e. The Bertz CT molecular complexity index is 3080. The SMILES string of the molecule is CCCC1CCC(COc2ccc(C)c(F)c2F)CC1.CCCC1CCC(COc2ccc(C)c(F)c2F)CC1.CCCCC1CCC(COc2ccc(C)c(F)c2F)CC1.CCCCCC1CCC(COc2ccc(C)c(F)c2F)CC1.CCCCCC1CCC(COc2ccc(C)c(F)c2F)CC1. The van der Waals surface area contributed by atoms with Crippen LogP contribution in [0, 0.1) is 152 Å². The summed E-state index contributed by atoms with van der Waals surface area (Å²) in [6.07, 6.45) is 43.6. The van der Waals surface area contributed by atoms with Crippen LogP contribution in [-0.4, -0.2) is 33.0 Å². The number of rotatable bonds is 30. The topological polar surface area (TPSA) is 46.2 Å². The monoisotopic (exact) mass is 1480 g/mol. The van der Waals surface area contributed by atoms with E-state index in [4.69, 9.17) is 23.7 Å². The summed E-state index contributed by atoms with van der Waals surface area (Å²) in [7, 11) is 0. The van der Waals surface area contributed by atoms with E-state index in [1.807, 2.05) is 0 Å². The van der Waals surface area contributed by atoms with E-state index in [0.29, 0.717) is 90.4 Å². The molecule has 5 aromatic rings. The van der Waals surface area contributed by atoms with Gasteiger partial charge in [-0.1, -0.05) is 225 Å². The lowest BCUT2D eigenvalue weighted by molar-refractivity contribution is 0.172. The second-order valence-corrected chi connectivity index (χ2v) is 31.7. The van der Waals surface area contributed by atoms with Crippen LogP contribution in [0.3, 0.4) is 0 Å². The quantitative estimate of drug-likeness (QED) is 0.0339. The predicted octanol–water partition coefficient (Wildman–Crippen LogP) is 28.2. The van der Waals surface area contributed by atoms with Gasteiger partial charge in [0, 0.05) is 0 Å². The number of unbranched alkanes of at least 4 members (excludes halogenated alkanes) is 5. The molecule has 10 rings (SSSR count). The number of ether oxygens (including phenoxy) is 5. The van der Waals surface area contributed by atoms with E-state index in [-0.39, 0.29) is 28.7 Å². The molecule has 105 heavy (non-hydrogen) atoms. The number of benzene rings is 5. The number of hydrogen-bond donors (Lipinski definition) is 0. The largest absolute Gasteiger partial charge is 0.490 e. The van der Waals surface area contributed by atoms with E-state index in [1.165, 1.54) is 191 Å². The molecule has 0 N–H and O–H groups in total. The van der Waals surface area contributed by atoms with Gasteiger partial charge >= 0.3 is 0 Å². The van der Waals surface area contributed by atoms with Crippen molar-refractivity contribution < 1.29 is 67.6 Å². The molecular weight excluding hydrogens is 1350 g/mol. The Morgan fingerprint density at radius 1 is 0.210 bits per heavy atom. The average molecular weight is 1480 g/mol. The molecule has 0 unspecified atom stereocenters. The molecule has 0 radical (unpaired) electrons. The van der Waals surface area contributed by atoms with Crippen molar-refractivity contribution in [1.29, 1.82) is 0 Å². The molecule has 5 fully saturated rings. The lowest BCUT2D eigenvalue weighted by atomic mass is 9.80. The molecule has 15 heteroatoms. The van der Waals surface area contributed by atoms with Gasteiger partial charge in [0.1, 0.15) is 0 Å². The zero-order valence-corrected chi connectivity index (χ0v) is 65.7. The van der Waals surface area contributed by atoms with E-state index in [9.17, 15) is 43.9 Å². The highest BCUT2D eigenvalue weighted by Crippen LogP contribution is 2.39. The maximum absolute atomic E-state index is 13.8. The third kappa shape index (κ3) is 30.1. The van der Waals surface area contributed by atoms with Crippen LogP contribution < -0.4 is 23.7 Å². The van der Waals surface area contributed by atoms with Crippen LogP contribution in [0.15, 0.2) is 60.7 Å². The van der Waals surface area contributed by atoms with Crippen molar-refractivity contribution in [2.75, 3.05) is 33.0 Å². The van der Waals surface area contributed by atoms with E-state index in [2.05, 4.69) is 34.6 Å². The fourth-order valence-corrected chi connectivity index (χ4v) is 15.8. The van der Waals surface area contributed by atoms with Gasteiger partial charge < -0.3 is 23.7 Å². The highest BCUT2D eigenvalue weighted by molar-refractivity contribution is 5.34. The summed E-state index contributed by atoms with van der Waals surface area (Å²) < 4.78 is 163. The van der Waals surface area contributed by atoms with Crippen molar-refractivity contribution >= 4 is 0 Å². The van der Waals surface area contributed by atoms with E-state index < -0.39 is 58.2 Å². The minimum Gasteiger partial charge on any atom is -0.490 e. The first-order chi connectivity index (χ1) is 50.6.